The Hall–Kier alpha value is -1.30. The van der Waals surface area contributed by atoms with Crippen molar-refractivity contribution in [3.05, 3.63) is 35.9 Å². The van der Waals surface area contributed by atoms with Crippen molar-refractivity contribution >= 4 is 0 Å². The van der Waals surface area contributed by atoms with Crippen molar-refractivity contribution < 1.29 is 5.11 Å². The lowest BCUT2D eigenvalue weighted by Gasteiger charge is -2.48. The molecule has 2 heteroatoms. The van der Waals surface area contributed by atoms with Gasteiger partial charge in [-0.05, 0) is 18.4 Å². The van der Waals surface area contributed by atoms with E-state index < -0.39 is 5.60 Å². The van der Waals surface area contributed by atoms with Crippen molar-refractivity contribution in [2.75, 3.05) is 0 Å². The molecule has 19 heavy (non-hydrogen) atoms. The number of fused-ring (bicyclic) bond motifs is 1. The van der Waals surface area contributed by atoms with Gasteiger partial charge in [0.2, 0.25) is 0 Å². The Balaban J connectivity index is 1.88. The third-order valence-electron chi connectivity index (χ3n) is 4.76. The summed E-state index contributed by atoms with van der Waals surface area (Å²) in [5, 5.41) is 14.5. The van der Waals surface area contributed by atoms with Gasteiger partial charge in [0.1, 0.15) is 5.60 Å². The average Bonchev–Trinajstić information content (AvgIpc) is 2.48. The number of hydrogen-bond acceptors (Lipinski definition) is 2. The van der Waals surface area contributed by atoms with E-state index in [0.717, 1.165) is 12.8 Å². The van der Waals surface area contributed by atoms with Crippen molar-refractivity contribution in [2.24, 2.45) is 5.92 Å². The molecule has 2 fully saturated rings. The summed E-state index contributed by atoms with van der Waals surface area (Å²) in [4.78, 5) is 0. The number of piperidine rings is 1. The lowest BCUT2D eigenvalue weighted by Crippen LogP contribution is -2.57. The molecule has 1 saturated heterocycles. The Morgan fingerprint density at radius 2 is 1.95 bits per heavy atom. The highest BCUT2D eigenvalue weighted by atomic mass is 16.3. The highest BCUT2D eigenvalue weighted by Crippen LogP contribution is 2.42. The second-order valence-corrected chi connectivity index (χ2v) is 5.90. The normalized spacial score (nSPS) is 38.2. The van der Waals surface area contributed by atoms with Gasteiger partial charge in [0.05, 0.1) is 0 Å². The van der Waals surface area contributed by atoms with Crippen LogP contribution in [0.25, 0.3) is 0 Å². The van der Waals surface area contributed by atoms with E-state index in [-0.39, 0.29) is 12.0 Å². The summed E-state index contributed by atoms with van der Waals surface area (Å²) in [5.41, 5.74) is 0.275. The summed E-state index contributed by atoms with van der Waals surface area (Å²) < 4.78 is 0. The molecular weight excluding hydrogens is 234 g/mol. The number of nitrogens with one attached hydrogen (secondary N) is 1. The molecule has 1 aromatic carbocycles. The Labute approximate surface area is 115 Å². The van der Waals surface area contributed by atoms with Gasteiger partial charge in [0.25, 0.3) is 0 Å². The second-order valence-electron chi connectivity index (χ2n) is 5.90. The fraction of sp³-hybridized carbons (Fsp3) is 0.529. The molecule has 0 bridgehead atoms. The van der Waals surface area contributed by atoms with Crippen LogP contribution in [-0.4, -0.2) is 16.7 Å². The minimum atomic E-state index is -0.948. The maximum absolute atomic E-state index is 10.8. The van der Waals surface area contributed by atoms with Gasteiger partial charge in [-0.15, -0.1) is 6.42 Å². The molecule has 0 spiro atoms. The van der Waals surface area contributed by atoms with Crippen LogP contribution >= 0.6 is 0 Å². The summed E-state index contributed by atoms with van der Waals surface area (Å²) >= 11 is 0. The van der Waals surface area contributed by atoms with E-state index in [2.05, 4.69) is 23.4 Å². The molecule has 2 N–H and O–H groups in total. The smallest absolute Gasteiger partial charge is 0.131 e. The minimum absolute atomic E-state index is 0.168. The minimum Gasteiger partial charge on any atom is -0.377 e. The van der Waals surface area contributed by atoms with E-state index in [0.29, 0.717) is 12.5 Å². The SMILES string of the molecule is C#CC1(O)CC(c2ccccc2)NC2CCCCC21. The molecule has 1 heterocycles. The molecule has 0 amide bonds. The Kier molecular flexibility index (Phi) is 3.35. The first-order chi connectivity index (χ1) is 9.23. The fourth-order valence-corrected chi connectivity index (χ4v) is 3.75. The molecule has 4 unspecified atom stereocenters. The highest BCUT2D eigenvalue weighted by molar-refractivity contribution is 5.25. The van der Waals surface area contributed by atoms with Crippen LogP contribution in [0, 0.1) is 18.3 Å². The predicted octanol–water partition coefficient (Wildman–Crippen LogP) is 2.64. The van der Waals surface area contributed by atoms with Gasteiger partial charge in [-0.2, -0.15) is 0 Å². The van der Waals surface area contributed by atoms with E-state index in [1.807, 2.05) is 18.2 Å². The van der Waals surface area contributed by atoms with E-state index in [1.54, 1.807) is 0 Å². The molecule has 2 aliphatic rings. The van der Waals surface area contributed by atoms with Crippen LogP contribution in [0.1, 0.15) is 43.7 Å². The number of hydrogen-bond donors (Lipinski definition) is 2. The number of aliphatic hydroxyl groups is 1. The summed E-state index contributed by atoms with van der Waals surface area (Å²) in [6, 6.07) is 10.8. The largest absolute Gasteiger partial charge is 0.377 e. The van der Waals surface area contributed by atoms with Gasteiger partial charge in [-0.25, -0.2) is 0 Å². The summed E-state index contributed by atoms with van der Waals surface area (Å²) in [7, 11) is 0. The van der Waals surface area contributed by atoms with Crippen molar-refractivity contribution in [3.8, 4) is 12.3 Å². The fourth-order valence-electron chi connectivity index (χ4n) is 3.75. The lowest BCUT2D eigenvalue weighted by molar-refractivity contribution is -0.0416. The van der Waals surface area contributed by atoms with E-state index >= 15 is 0 Å². The molecular formula is C17H21NO. The zero-order valence-corrected chi connectivity index (χ0v) is 11.2. The van der Waals surface area contributed by atoms with Crippen LogP contribution in [0.2, 0.25) is 0 Å². The second kappa shape index (κ2) is 5.00. The van der Waals surface area contributed by atoms with Gasteiger partial charge in [0.15, 0.2) is 0 Å². The van der Waals surface area contributed by atoms with Gasteiger partial charge in [-0.3, -0.25) is 0 Å². The first kappa shape index (κ1) is 12.7. The molecule has 3 rings (SSSR count). The van der Waals surface area contributed by atoms with Gasteiger partial charge in [-0.1, -0.05) is 49.1 Å². The molecule has 0 aromatic heterocycles. The van der Waals surface area contributed by atoms with Crippen molar-refractivity contribution in [3.63, 3.8) is 0 Å². The zero-order valence-electron chi connectivity index (χ0n) is 11.2. The highest BCUT2D eigenvalue weighted by Gasteiger charge is 2.47. The van der Waals surface area contributed by atoms with Gasteiger partial charge in [0, 0.05) is 24.4 Å². The standard InChI is InChI=1S/C17H21NO/c1-2-17(19)12-16(13-8-4-3-5-9-13)18-15-11-7-6-10-14(15)17/h1,3-5,8-9,14-16,18-19H,6-7,10-12H2. The Morgan fingerprint density at radius 1 is 1.21 bits per heavy atom. The molecule has 2 nitrogen and oxygen atoms in total. The maximum Gasteiger partial charge on any atom is 0.131 e. The van der Waals surface area contributed by atoms with Crippen LogP contribution in [0.15, 0.2) is 30.3 Å². The molecule has 1 aliphatic heterocycles. The molecule has 1 saturated carbocycles. The first-order valence-electron chi connectivity index (χ1n) is 7.24. The summed E-state index contributed by atoms with van der Waals surface area (Å²) in [6.45, 7) is 0. The number of benzene rings is 1. The van der Waals surface area contributed by atoms with Crippen LogP contribution in [-0.2, 0) is 0 Å². The zero-order chi connectivity index (χ0) is 13.3. The average molecular weight is 255 g/mol. The quantitative estimate of drug-likeness (QED) is 0.756. The first-order valence-corrected chi connectivity index (χ1v) is 7.24. The van der Waals surface area contributed by atoms with Crippen LogP contribution < -0.4 is 5.32 Å². The summed E-state index contributed by atoms with van der Waals surface area (Å²) in [5.74, 6) is 2.91. The van der Waals surface area contributed by atoms with Crippen LogP contribution in [0.4, 0.5) is 0 Å². The number of terminal acetylenes is 1. The monoisotopic (exact) mass is 255 g/mol. The third-order valence-corrected chi connectivity index (χ3v) is 4.76. The molecule has 100 valence electrons. The van der Waals surface area contributed by atoms with Gasteiger partial charge >= 0.3 is 0 Å². The van der Waals surface area contributed by atoms with Crippen LogP contribution in [0.3, 0.4) is 0 Å². The topological polar surface area (TPSA) is 32.3 Å². The predicted molar refractivity (Wildman–Crippen MR) is 76.5 cm³/mol. The summed E-state index contributed by atoms with van der Waals surface area (Å²) in [6.07, 6.45) is 10.9. The Morgan fingerprint density at radius 3 is 2.68 bits per heavy atom. The van der Waals surface area contributed by atoms with Crippen molar-refractivity contribution in [1.29, 1.82) is 0 Å². The third kappa shape index (κ3) is 2.29. The lowest BCUT2D eigenvalue weighted by atomic mass is 9.68. The number of rotatable bonds is 1. The maximum atomic E-state index is 10.8. The molecule has 0 radical (unpaired) electrons. The van der Waals surface area contributed by atoms with E-state index in [1.165, 1.54) is 18.4 Å². The van der Waals surface area contributed by atoms with Gasteiger partial charge < -0.3 is 10.4 Å². The molecule has 4 atom stereocenters. The van der Waals surface area contributed by atoms with Crippen LogP contribution in [0.5, 0.6) is 0 Å². The van der Waals surface area contributed by atoms with Crippen molar-refractivity contribution in [2.45, 2.75) is 49.8 Å². The molecule has 1 aromatic rings. The van der Waals surface area contributed by atoms with E-state index in [4.69, 9.17) is 6.42 Å². The van der Waals surface area contributed by atoms with Crippen molar-refractivity contribution in [1.82, 2.24) is 5.32 Å². The molecule has 1 aliphatic carbocycles. The Bertz CT molecular complexity index is 478. The van der Waals surface area contributed by atoms with E-state index in [9.17, 15) is 5.11 Å².